The minimum absolute atomic E-state index is 0.0235. The molecular formula is C12H15NO4S. The molecule has 1 fully saturated rings. The lowest BCUT2D eigenvalue weighted by molar-refractivity contribution is -0.385. The minimum atomic E-state index is -0.442. The van der Waals surface area contributed by atoms with Crippen LogP contribution in [0.5, 0.6) is 0 Å². The fraction of sp³-hybridized carbons (Fsp3) is 0.500. The van der Waals surface area contributed by atoms with E-state index in [1.54, 1.807) is 17.8 Å². The van der Waals surface area contributed by atoms with Crippen molar-refractivity contribution in [3.8, 4) is 0 Å². The molecule has 2 rings (SSSR count). The standard InChI is InChI=1S/C12H15NO4S/c14-8-9-7-10(13(15)16)1-2-12(9)18-11-3-5-17-6-4-11/h1-2,7,11,14H,3-6,8H2. The van der Waals surface area contributed by atoms with Gasteiger partial charge in [-0.1, -0.05) is 0 Å². The first-order valence-electron chi connectivity index (χ1n) is 5.83. The number of non-ortho nitro benzene ring substituents is 1. The summed E-state index contributed by atoms with van der Waals surface area (Å²) in [5.74, 6) is 0. The van der Waals surface area contributed by atoms with Crippen molar-refractivity contribution >= 4 is 17.4 Å². The monoisotopic (exact) mass is 269 g/mol. The second kappa shape index (κ2) is 6.17. The Kier molecular flexibility index (Phi) is 4.57. The summed E-state index contributed by atoms with van der Waals surface area (Å²) in [7, 11) is 0. The van der Waals surface area contributed by atoms with Gasteiger partial charge >= 0.3 is 0 Å². The molecule has 1 N–H and O–H groups in total. The number of rotatable bonds is 4. The molecule has 1 aliphatic heterocycles. The molecule has 0 saturated carbocycles. The lowest BCUT2D eigenvalue weighted by Gasteiger charge is -2.22. The van der Waals surface area contributed by atoms with Gasteiger partial charge in [0.1, 0.15) is 0 Å². The molecule has 98 valence electrons. The summed E-state index contributed by atoms with van der Waals surface area (Å²) < 4.78 is 5.29. The van der Waals surface area contributed by atoms with Crippen LogP contribution in [0.25, 0.3) is 0 Å². The second-order valence-electron chi connectivity index (χ2n) is 4.14. The van der Waals surface area contributed by atoms with Crippen molar-refractivity contribution in [1.29, 1.82) is 0 Å². The third-order valence-electron chi connectivity index (χ3n) is 2.89. The SMILES string of the molecule is O=[N+]([O-])c1ccc(SC2CCOCC2)c(CO)c1. The van der Waals surface area contributed by atoms with Crippen LogP contribution in [0.15, 0.2) is 23.1 Å². The molecule has 0 bridgehead atoms. The van der Waals surface area contributed by atoms with Crippen molar-refractivity contribution in [3.05, 3.63) is 33.9 Å². The summed E-state index contributed by atoms with van der Waals surface area (Å²) in [4.78, 5) is 11.2. The van der Waals surface area contributed by atoms with E-state index in [1.807, 2.05) is 0 Å². The molecule has 0 atom stereocenters. The molecule has 1 aromatic carbocycles. The molecule has 6 heteroatoms. The number of aliphatic hydroxyl groups excluding tert-OH is 1. The van der Waals surface area contributed by atoms with Gasteiger partial charge in [-0.05, 0) is 24.5 Å². The summed E-state index contributed by atoms with van der Waals surface area (Å²) in [6, 6.07) is 4.66. The van der Waals surface area contributed by atoms with Gasteiger partial charge in [-0.3, -0.25) is 10.1 Å². The number of aliphatic hydroxyl groups is 1. The van der Waals surface area contributed by atoms with Crippen LogP contribution in [0.2, 0.25) is 0 Å². The lowest BCUT2D eigenvalue weighted by atomic mass is 10.2. The molecule has 0 radical (unpaired) electrons. The third-order valence-corrected chi connectivity index (χ3v) is 4.34. The van der Waals surface area contributed by atoms with Crippen LogP contribution in [0.3, 0.4) is 0 Å². The number of hydrogen-bond acceptors (Lipinski definition) is 5. The Morgan fingerprint density at radius 1 is 1.44 bits per heavy atom. The maximum absolute atomic E-state index is 10.7. The van der Waals surface area contributed by atoms with E-state index in [1.165, 1.54) is 12.1 Å². The molecule has 18 heavy (non-hydrogen) atoms. The predicted molar refractivity (Wildman–Crippen MR) is 68.7 cm³/mol. The fourth-order valence-corrected chi connectivity index (χ4v) is 3.10. The molecule has 0 unspecified atom stereocenters. The highest BCUT2D eigenvalue weighted by molar-refractivity contribution is 8.00. The number of nitro benzene ring substituents is 1. The molecule has 0 aliphatic carbocycles. The zero-order valence-corrected chi connectivity index (χ0v) is 10.7. The lowest BCUT2D eigenvalue weighted by Crippen LogP contribution is -2.17. The third kappa shape index (κ3) is 3.22. The summed E-state index contributed by atoms with van der Waals surface area (Å²) >= 11 is 1.67. The molecule has 0 aromatic heterocycles. The molecular weight excluding hydrogens is 254 g/mol. The van der Waals surface area contributed by atoms with Gasteiger partial charge in [0, 0.05) is 35.5 Å². The number of benzene rings is 1. The molecule has 1 heterocycles. The van der Waals surface area contributed by atoms with E-state index in [0.717, 1.165) is 31.0 Å². The Bertz CT molecular complexity index is 432. The zero-order valence-electron chi connectivity index (χ0n) is 9.87. The largest absolute Gasteiger partial charge is 0.392 e. The Hall–Kier alpha value is -1.11. The van der Waals surface area contributed by atoms with Gasteiger partial charge in [0.15, 0.2) is 0 Å². The first-order valence-corrected chi connectivity index (χ1v) is 6.71. The molecule has 0 amide bonds. The Labute approximate surface area is 109 Å². The van der Waals surface area contributed by atoms with Gasteiger partial charge < -0.3 is 9.84 Å². The average Bonchev–Trinajstić information content (AvgIpc) is 2.40. The van der Waals surface area contributed by atoms with Crippen LogP contribution >= 0.6 is 11.8 Å². The molecule has 1 aliphatic rings. The van der Waals surface area contributed by atoms with Crippen molar-refractivity contribution in [2.24, 2.45) is 0 Å². The number of nitrogens with zero attached hydrogens (tertiary/aromatic N) is 1. The molecule has 1 aromatic rings. The Morgan fingerprint density at radius 2 is 2.17 bits per heavy atom. The van der Waals surface area contributed by atoms with Gasteiger partial charge in [0.2, 0.25) is 0 Å². The summed E-state index contributed by atoms with van der Waals surface area (Å²) in [6.45, 7) is 1.35. The van der Waals surface area contributed by atoms with Crippen LogP contribution in [0.1, 0.15) is 18.4 Å². The fourth-order valence-electron chi connectivity index (χ4n) is 1.89. The predicted octanol–water partition coefficient (Wildman–Crippen LogP) is 2.36. The van der Waals surface area contributed by atoms with E-state index in [0.29, 0.717) is 10.8 Å². The van der Waals surface area contributed by atoms with Crippen LogP contribution in [0, 0.1) is 10.1 Å². The minimum Gasteiger partial charge on any atom is -0.392 e. The highest BCUT2D eigenvalue weighted by Crippen LogP contribution is 2.33. The van der Waals surface area contributed by atoms with Crippen LogP contribution in [-0.4, -0.2) is 28.5 Å². The van der Waals surface area contributed by atoms with E-state index in [9.17, 15) is 15.2 Å². The van der Waals surface area contributed by atoms with Crippen molar-refractivity contribution < 1.29 is 14.8 Å². The van der Waals surface area contributed by atoms with Gasteiger partial charge in [-0.25, -0.2) is 0 Å². The number of nitro groups is 1. The summed E-state index contributed by atoms with van der Waals surface area (Å²) in [5.41, 5.74) is 0.649. The number of ether oxygens (including phenoxy) is 1. The highest BCUT2D eigenvalue weighted by atomic mass is 32.2. The smallest absolute Gasteiger partial charge is 0.269 e. The molecule has 5 nitrogen and oxygen atoms in total. The highest BCUT2D eigenvalue weighted by Gasteiger charge is 2.18. The first kappa shape index (κ1) is 13.3. The summed E-state index contributed by atoms with van der Waals surface area (Å²) in [6.07, 6.45) is 1.96. The van der Waals surface area contributed by atoms with Crippen molar-refractivity contribution in [2.75, 3.05) is 13.2 Å². The van der Waals surface area contributed by atoms with E-state index in [-0.39, 0.29) is 12.3 Å². The molecule has 0 spiro atoms. The van der Waals surface area contributed by atoms with Crippen LogP contribution in [0.4, 0.5) is 5.69 Å². The quantitative estimate of drug-likeness (QED) is 0.671. The van der Waals surface area contributed by atoms with Gasteiger partial charge in [0.25, 0.3) is 5.69 Å². The van der Waals surface area contributed by atoms with Crippen molar-refractivity contribution in [3.63, 3.8) is 0 Å². The van der Waals surface area contributed by atoms with Crippen LogP contribution < -0.4 is 0 Å². The van der Waals surface area contributed by atoms with Gasteiger partial charge in [0.05, 0.1) is 11.5 Å². The number of thioether (sulfide) groups is 1. The van der Waals surface area contributed by atoms with E-state index < -0.39 is 4.92 Å². The Morgan fingerprint density at radius 3 is 2.78 bits per heavy atom. The van der Waals surface area contributed by atoms with Gasteiger partial charge in [-0.15, -0.1) is 11.8 Å². The maximum atomic E-state index is 10.7. The van der Waals surface area contributed by atoms with E-state index in [2.05, 4.69) is 0 Å². The zero-order chi connectivity index (χ0) is 13.0. The Balaban J connectivity index is 2.13. The second-order valence-corrected chi connectivity index (χ2v) is 5.48. The number of hydrogen-bond donors (Lipinski definition) is 1. The van der Waals surface area contributed by atoms with Crippen molar-refractivity contribution in [1.82, 2.24) is 0 Å². The van der Waals surface area contributed by atoms with Crippen molar-refractivity contribution in [2.45, 2.75) is 29.6 Å². The van der Waals surface area contributed by atoms with Gasteiger partial charge in [-0.2, -0.15) is 0 Å². The van der Waals surface area contributed by atoms with E-state index >= 15 is 0 Å². The average molecular weight is 269 g/mol. The normalized spacial score (nSPS) is 16.7. The van der Waals surface area contributed by atoms with E-state index in [4.69, 9.17) is 4.74 Å². The summed E-state index contributed by atoms with van der Waals surface area (Å²) in [5, 5.41) is 20.4. The topological polar surface area (TPSA) is 72.6 Å². The molecule has 1 saturated heterocycles. The maximum Gasteiger partial charge on any atom is 0.269 e. The van der Waals surface area contributed by atoms with Crippen LogP contribution in [-0.2, 0) is 11.3 Å². The first-order chi connectivity index (χ1) is 8.70.